The lowest BCUT2D eigenvalue weighted by atomic mass is 10.4. The van der Waals surface area contributed by atoms with E-state index in [0.717, 1.165) is 6.26 Å². The second kappa shape index (κ2) is 4.72. The van der Waals surface area contributed by atoms with Gasteiger partial charge in [0.25, 0.3) is 0 Å². The predicted octanol–water partition coefficient (Wildman–Crippen LogP) is -1.61. The van der Waals surface area contributed by atoms with Gasteiger partial charge in [-0.1, -0.05) is 0 Å². The summed E-state index contributed by atoms with van der Waals surface area (Å²) in [7, 11) is -3.16. The monoisotopic (exact) mass is 222 g/mol. The fourth-order valence-corrected chi connectivity index (χ4v) is 1.61. The Morgan fingerprint density at radius 1 is 1.57 bits per heavy atom. The van der Waals surface area contributed by atoms with Crippen LogP contribution in [0.2, 0.25) is 0 Å². The van der Waals surface area contributed by atoms with Crippen LogP contribution in [-0.4, -0.2) is 58.3 Å². The summed E-state index contributed by atoms with van der Waals surface area (Å²) in [6.45, 7) is 1.80. The molecular weight excluding hydrogens is 208 g/mol. The van der Waals surface area contributed by atoms with Crippen molar-refractivity contribution in [2.75, 3.05) is 39.1 Å². The highest BCUT2D eigenvalue weighted by molar-refractivity contribution is 7.88. The fraction of sp³-hybridized carbons (Fsp3) is 0.857. The molecule has 6 nitrogen and oxygen atoms in total. The van der Waals surface area contributed by atoms with Crippen LogP contribution in [0, 0.1) is 0 Å². The zero-order valence-electron chi connectivity index (χ0n) is 8.02. The average Bonchev–Trinajstić information content (AvgIpc) is 2.06. The van der Waals surface area contributed by atoms with Crippen LogP contribution in [-0.2, 0) is 19.6 Å². The van der Waals surface area contributed by atoms with Crippen LogP contribution >= 0.6 is 0 Å². The molecule has 0 atom stereocenters. The van der Waals surface area contributed by atoms with Gasteiger partial charge >= 0.3 is 0 Å². The third kappa shape index (κ3) is 4.03. The van der Waals surface area contributed by atoms with E-state index >= 15 is 0 Å². The molecule has 7 heteroatoms. The van der Waals surface area contributed by atoms with E-state index in [1.807, 2.05) is 0 Å². The molecule has 1 N–H and O–H groups in total. The van der Waals surface area contributed by atoms with Gasteiger partial charge in [-0.3, -0.25) is 4.79 Å². The summed E-state index contributed by atoms with van der Waals surface area (Å²) in [5.74, 6) is -0.0912. The SMILES string of the molecule is CS(=O)(=O)NCCN1CCOCC1=O. The highest BCUT2D eigenvalue weighted by Crippen LogP contribution is 1.97. The molecule has 1 heterocycles. The Hall–Kier alpha value is -0.660. The van der Waals surface area contributed by atoms with Gasteiger partial charge in [-0.05, 0) is 0 Å². The average molecular weight is 222 g/mol. The normalized spacial score (nSPS) is 18.6. The number of nitrogens with one attached hydrogen (secondary N) is 1. The summed E-state index contributed by atoms with van der Waals surface area (Å²) in [6, 6.07) is 0. The van der Waals surface area contributed by atoms with Gasteiger partial charge in [-0.25, -0.2) is 13.1 Å². The molecule has 82 valence electrons. The number of carbonyl (C=O) groups is 1. The smallest absolute Gasteiger partial charge is 0.248 e. The summed E-state index contributed by atoms with van der Waals surface area (Å²) in [4.78, 5) is 12.8. The van der Waals surface area contributed by atoms with Crippen LogP contribution in [0.3, 0.4) is 0 Å². The number of ether oxygens (including phenoxy) is 1. The highest BCUT2D eigenvalue weighted by atomic mass is 32.2. The maximum Gasteiger partial charge on any atom is 0.248 e. The van der Waals surface area contributed by atoms with Gasteiger partial charge in [-0.15, -0.1) is 0 Å². The van der Waals surface area contributed by atoms with Gasteiger partial charge in [0.05, 0.1) is 12.9 Å². The molecule has 0 saturated carbocycles. The van der Waals surface area contributed by atoms with Crippen LogP contribution in [0.1, 0.15) is 0 Å². The van der Waals surface area contributed by atoms with E-state index in [1.165, 1.54) is 0 Å². The van der Waals surface area contributed by atoms with Crippen molar-refractivity contribution in [3.63, 3.8) is 0 Å². The first-order valence-electron chi connectivity index (χ1n) is 4.29. The molecule has 0 bridgehead atoms. The zero-order chi connectivity index (χ0) is 10.6. The molecule has 0 radical (unpaired) electrons. The van der Waals surface area contributed by atoms with E-state index in [-0.39, 0.29) is 19.1 Å². The standard InChI is InChI=1S/C7H14N2O4S/c1-14(11,12)8-2-3-9-4-5-13-6-7(9)10/h8H,2-6H2,1H3. The Labute approximate surface area is 83.3 Å². The molecule has 1 amide bonds. The molecule has 0 aromatic rings. The van der Waals surface area contributed by atoms with Gasteiger partial charge in [0.1, 0.15) is 6.61 Å². The molecule has 1 rings (SSSR count). The van der Waals surface area contributed by atoms with Crippen LogP contribution in [0.15, 0.2) is 0 Å². The largest absolute Gasteiger partial charge is 0.370 e. The first-order valence-corrected chi connectivity index (χ1v) is 6.18. The number of hydrogen-bond acceptors (Lipinski definition) is 4. The van der Waals surface area contributed by atoms with Crippen LogP contribution < -0.4 is 4.72 Å². The minimum atomic E-state index is -3.16. The quantitative estimate of drug-likeness (QED) is 0.621. The number of hydrogen-bond donors (Lipinski definition) is 1. The molecule has 0 aromatic carbocycles. The van der Waals surface area contributed by atoms with Crippen molar-refractivity contribution in [2.45, 2.75) is 0 Å². The van der Waals surface area contributed by atoms with E-state index in [2.05, 4.69) is 4.72 Å². The number of rotatable bonds is 4. The second-order valence-corrected chi connectivity index (χ2v) is 4.93. The topological polar surface area (TPSA) is 75.7 Å². The van der Waals surface area contributed by atoms with Crippen molar-refractivity contribution >= 4 is 15.9 Å². The van der Waals surface area contributed by atoms with E-state index in [1.54, 1.807) is 4.90 Å². The molecule has 0 spiro atoms. The Morgan fingerprint density at radius 2 is 2.29 bits per heavy atom. The highest BCUT2D eigenvalue weighted by Gasteiger charge is 2.17. The number of carbonyl (C=O) groups excluding carboxylic acids is 1. The number of sulfonamides is 1. The van der Waals surface area contributed by atoms with Gasteiger partial charge in [0.15, 0.2) is 0 Å². The van der Waals surface area contributed by atoms with Gasteiger partial charge in [-0.2, -0.15) is 0 Å². The zero-order valence-corrected chi connectivity index (χ0v) is 8.84. The first kappa shape index (κ1) is 11.4. The summed E-state index contributed by atoms with van der Waals surface area (Å²) in [5, 5.41) is 0. The maximum atomic E-state index is 11.2. The molecule has 0 unspecified atom stereocenters. The molecule has 0 aromatic heterocycles. The van der Waals surface area contributed by atoms with Crippen molar-refractivity contribution in [2.24, 2.45) is 0 Å². The van der Waals surface area contributed by atoms with E-state index < -0.39 is 10.0 Å². The van der Waals surface area contributed by atoms with Crippen LogP contribution in [0.25, 0.3) is 0 Å². The lowest BCUT2D eigenvalue weighted by molar-refractivity contribution is -0.142. The summed E-state index contributed by atoms with van der Waals surface area (Å²) in [6.07, 6.45) is 1.09. The van der Waals surface area contributed by atoms with Crippen molar-refractivity contribution in [1.29, 1.82) is 0 Å². The van der Waals surface area contributed by atoms with Crippen molar-refractivity contribution in [3.8, 4) is 0 Å². The minimum Gasteiger partial charge on any atom is -0.370 e. The molecule has 1 aliphatic rings. The van der Waals surface area contributed by atoms with Crippen LogP contribution in [0.4, 0.5) is 0 Å². The third-order valence-corrected chi connectivity index (χ3v) is 2.56. The number of nitrogens with zero attached hydrogens (tertiary/aromatic N) is 1. The number of amides is 1. The third-order valence-electron chi connectivity index (χ3n) is 1.83. The lowest BCUT2D eigenvalue weighted by Gasteiger charge is -2.26. The van der Waals surface area contributed by atoms with Gasteiger partial charge < -0.3 is 9.64 Å². The Balaban J connectivity index is 2.27. The van der Waals surface area contributed by atoms with Crippen molar-refractivity contribution in [3.05, 3.63) is 0 Å². The van der Waals surface area contributed by atoms with Crippen molar-refractivity contribution in [1.82, 2.24) is 9.62 Å². The minimum absolute atomic E-state index is 0.0912. The molecule has 1 aliphatic heterocycles. The Bertz CT molecular complexity index is 301. The van der Waals surface area contributed by atoms with E-state index in [4.69, 9.17) is 4.74 Å². The summed E-state index contributed by atoms with van der Waals surface area (Å²) < 4.78 is 28.7. The molecular formula is C7H14N2O4S. The van der Waals surface area contributed by atoms with E-state index in [9.17, 15) is 13.2 Å². The maximum absolute atomic E-state index is 11.2. The van der Waals surface area contributed by atoms with Crippen LogP contribution in [0.5, 0.6) is 0 Å². The second-order valence-electron chi connectivity index (χ2n) is 3.10. The molecule has 14 heavy (non-hydrogen) atoms. The van der Waals surface area contributed by atoms with E-state index in [0.29, 0.717) is 19.7 Å². The molecule has 1 saturated heterocycles. The molecule has 0 aliphatic carbocycles. The predicted molar refractivity (Wildman–Crippen MR) is 50.2 cm³/mol. The summed E-state index contributed by atoms with van der Waals surface area (Å²) in [5.41, 5.74) is 0. The van der Waals surface area contributed by atoms with Crippen molar-refractivity contribution < 1.29 is 17.9 Å². The Kier molecular flexibility index (Phi) is 3.85. The first-order chi connectivity index (χ1) is 6.49. The fourth-order valence-electron chi connectivity index (χ4n) is 1.15. The Morgan fingerprint density at radius 3 is 2.86 bits per heavy atom. The van der Waals surface area contributed by atoms with Gasteiger partial charge in [0.2, 0.25) is 15.9 Å². The molecule has 1 fully saturated rings. The number of morpholine rings is 1. The lowest BCUT2D eigenvalue weighted by Crippen LogP contribution is -2.45. The summed E-state index contributed by atoms with van der Waals surface area (Å²) >= 11 is 0. The van der Waals surface area contributed by atoms with Gasteiger partial charge in [0, 0.05) is 19.6 Å².